The molecule has 2 nitrogen and oxygen atoms in total. The fourth-order valence-corrected chi connectivity index (χ4v) is 2.60. The van der Waals surface area contributed by atoms with Gasteiger partial charge in [0.2, 0.25) is 0 Å². The van der Waals surface area contributed by atoms with Gasteiger partial charge in [0.05, 0.1) is 0 Å². The van der Waals surface area contributed by atoms with Crippen LogP contribution in [-0.2, 0) is 4.79 Å². The van der Waals surface area contributed by atoms with Gasteiger partial charge in [-0.05, 0) is 25.6 Å². The highest BCUT2D eigenvalue weighted by Gasteiger charge is 2.15. The van der Waals surface area contributed by atoms with Gasteiger partial charge < -0.3 is 4.80 Å². The topological polar surface area (TPSA) is 37.3 Å². The largest absolute Gasteiger partial charge is 0.432 e. The molecule has 0 bridgehead atoms. The molecule has 0 fully saturated rings. The number of carbonyl (C=O) groups is 1. The summed E-state index contributed by atoms with van der Waals surface area (Å²) in [4.78, 5) is 19.9. The first-order chi connectivity index (χ1) is 4.92. The van der Waals surface area contributed by atoms with Crippen molar-refractivity contribution in [3.63, 3.8) is 0 Å². The van der Waals surface area contributed by atoms with Crippen LogP contribution >= 0.6 is 11.8 Å². The van der Waals surface area contributed by atoms with E-state index in [9.17, 15) is 9.59 Å². The summed E-state index contributed by atoms with van der Waals surface area (Å²) in [6.45, 7) is 5.42. The van der Waals surface area contributed by atoms with Crippen molar-refractivity contribution in [2.75, 3.05) is 5.75 Å². The molecular weight excluding hydrogens is 176 g/mol. The fourth-order valence-electron chi connectivity index (χ4n) is 0.721. The lowest BCUT2D eigenvalue weighted by Crippen LogP contribution is -2.24. The maximum absolute atomic E-state index is 10.5. The van der Waals surface area contributed by atoms with Crippen molar-refractivity contribution < 1.29 is 9.59 Å². The molecule has 0 aromatic heterocycles. The second-order valence-electron chi connectivity index (χ2n) is 3.26. The van der Waals surface area contributed by atoms with Crippen LogP contribution in [0.1, 0.15) is 13.3 Å². The lowest BCUT2D eigenvalue weighted by Gasteiger charge is -2.12. The maximum atomic E-state index is 10.5. The third-order valence-corrected chi connectivity index (χ3v) is 3.71. The van der Waals surface area contributed by atoms with E-state index >= 15 is 0 Å². The summed E-state index contributed by atoms with van der Waals surface area (Å²) in [7, 11) is -1.85. The summed E-state index contributed by atoms with van der Waals surface area (Å²) >= 11 is 1.34. The van der Waals surface area contributed by atoms with Crippen molar-refractivity contribution in [2.45, 2.75) is 32.5 Å². The summed E-state index contributed by atoms with van der Waals surface area (Å²) in [5.74, 6) is 0.853. The summed E-state index contributed by atoms with van der Waals surface area (Å²) in [5.41, 5.74) is 0. The van der Waals surface area contributed by atoms with Crippen molar-refractivity contribution in [3.05, 3.63) is 0 Å². The maximum Gasteiger partial charge on any atom is 0.185 e. The molecule has 66 valence electrons. The standard InChI is InChI=1S/C7H16O2SSi/c1-7(8)10-5-4-6-11(2,3)9/h9H,4-6H2,1-3H3. The number of thioether (sulfide) groups is 1. The van der Waals surface area contributed by atoms with Gasteiger partial charge in [-0.15, -0.1) is 0 Å². The summed E-state index contributed by atoms with van der Waals surface area (Å²) in [6.07, 6.45) is 0.958. The predicted molar refractivity (Wildman–Crippen MR) is 52.3 cm³/mol. The molecule has 0 aromatic carbocycles. The van der Waals surface area contributed by atoms with Gasteiger partial charge in [0.1, 0.15) is 0 Å². The van der Waals surface area contributed by atoms with E-state index in [1.165, 1.54) is 11.8 Å². The molecule has 0 atom stereocenters. The normalized spacial score (nSPS) is 11.6. The van der Waals surface area contributed by atoms with Crippen LogP contribution in [0.15, 0.2) is 0 Å². The summed E-state index contributed by atoms with van der Waals surface area (Å²) in [6, 6.07) is 0.896. The van der Waals surface area contributed by atoms with Crippen molar-refractivity contribution in [3.8, 4) is 0 Å². The highest BCUT2D eigenvalue weighted by molar-refractivity contribution is 8.13. The lowest BCUT2D eigenvalue weighted by atomic mass is 10.6. The van der Waals surface area contributed by atoms with Crippen LogP contribution in [0.2, 0.25) is 19.1 Å². The molecule has 0 radical (unpaired) electrons. The fraction of sp³-hybridized carbons (Fsp3) is 0.857. The lowest BCUT2D eigenvalue weighted by molar-refractivity contribution is -0.109. The average Bonchev–Trinajstić information content (AvgIpc) is 1.78. The zero-order chi connectivity index (χ0) is 8.91. The first-order valence-corrected chi connectivity index (χ1v) is 7.91. The van der Waals surface area contributed by atoms with Gasteiger partial charge >= 0.3 is 0 Å². The Morgan fingerprint density at radius 2 is 2.09 bits per heavy atom. The Hall–Kier alpha value is 0.197. The van der Waals surface area contributed by atoms with E-state index in [-0.39, 0.29) is 5.12 Å². The van der Waals surface area contributed by atoms with Gasteiger partial charge in [0, 0.05) is 12.7 Å². The van der Waals surface area contributed by atoms with Gasteiger partial charge in [-0.25, -0.2) is 0 Å². The SMILES string of the molecule is CC(=O)SCCC[Si](C)(C)O. The molecule has 0 saturated heterocycles. The smallest absolute Gasteiger partial charge is 0.185 e. The second kappa shape index (κ2) is 4.95. The van der Waals surface area contributed by atoms with Crippen LogP contribution < -0.4 is 0 Å². The Labute approximate surface area is 73.5 Å². The Balaban J connectivity index is 3.22. The first kappa shape index (κ1) is 11.2. The molecule has 0 spiro atoms. The monoisotopic (exact) mass is 192 g/mol. The Morgan fingerprint density at radius 3 is 2.45 bits per heavy atom. The third-order valence-electron chi connectivity index (χ3n) is 1.24. The first-order valence-electron chi connectivity index (χ1n) is 3.77. The molecule has 0 aliphatic rings. The van der Waals surface area contributed by atoms with Gasteiger partial charge in [-0.1, -0.05) is 11.8 Å². The molecule has 0 saturated carbocycles. The average molecular weight is 192 g/mol. The molecule has 0 aromatic rings. The molecule has 0 unspecified atom stereocenters. The zero-order valence-electron chi connectivity index (χ0n) is 7.39. The third kappa shape index (κ3) is 10.2. The van der Waals surface area contributed by atoms with Crippen LogP contribution in [-0.4, -0.2) is 24.0 Å². The second-order valence-corrected chi connectivity index (χ2v) is 8.65. The van der Waals surface area contributed by atoms with E-state index in [4.69, 9.17) is 0 Å². The summed E-state index contributed by atoms with van der Waals surface area (Å²) < 4.78 is 0. The minimum Gasteiger partial charge on any atom is -0.432 e. The molecule has 0 amide bonds. The van der Waals surface area contributed by atoms with Gasteiger partial charge in [-0.3, -0.25) is 4.79 Å². The van der Waals surface area contributed by atoms with Crippen molar-refractivity contribution in [1.82, 2.24) is 0 Å². The Kier molecular flexibility index (Phi) is 5.04. The van der Waals surface area contributed by atoms with E-state index in [1.54, 1.807) is 6.92 Å². The van der Waals surface area contributed by atoms with Crippen molar-refractivity contribution >= 4 is 25.2 Å². The highest BCUT2D eigenvalue weighted by atomic mass is 32.2. The van der Waals surface area contributed by atoms with Crippen molar-refractivity contribution in [1.29, 1.82) is 0 Å². The Morgan fingerprint density at radius 1 is 1.55 bits per heavy atom. The molecule has 0 aliphatic carbocycles. The van der Waals surface area contributed by atoms with Gasteiger partial charge in [-0.2, -0.15) is 0 Å². The predicted octanol–water partition coefficient (Wildman–Crippen LogP) is 1.85. The van der Waals surface area contributed by atoms with Gasteiger partial charge in [0.15, 0.2) is 13.4 Å². The minimum atomic E-state index is -1.85. The Bertz CT molecular complexity index is 131. The number of rotatable bonds is 4. The van der Waals surface area contributed by atoms with Crippen LogP contribution in [0.5, 0.6) is 0 Å². The van der Waals surface area contributed by atoms with Crippen LogP contribution in [0.4, 0.5) is 0 Å². The van der Waals surface area contributed by atoms with E-state index in [0.29, 0.717) is 0 Å². The number of carbonyl (C=O) groups excluding carboxylic acids is 1. The number of hydrogen-bond acceptors (Lipinski definition) is 3. The summed E-state index contributed by atoms with van der Waals surface area (Å²) in [5, 5.41) is 0.169. The van der Waals surface area contributed by atoms with Gasteiger partial charge in [0.25, 0.3) is 0 Å². The van der Waals surface area contributed by atoms with Crippen LogP contribution in [0.25, 0.3) is 0 Å². The quantitative estimate of drug-likeness (QED) is 0.545. The molecule has 11 heavy (non-hydrogen) atoms. The van der Waals surface area contributed by atoms with E-state index in [2.05, 4.69) is 0 Å². The van der Waals surface area contributed by atoms with Crippen LogP contribution in [0, 0.1) is 0 Å². The molecule has 0 aliphatic heterocycles. The van der Waals surface area contributed by atoms with E-state index in [0.717, 1.165) is 18.2 Å². The molecular formula is C7H16O2SSi. The number of hydrogen-bond donors (Lipinski definition) is 1. The zero-order valence-corrected chi connectivity index (χ0v) is 9.20. The van der Waals surface area contributed by atoms with Crippen molar-refractivity contribution in [2.24, 2.45) is 0 Å². The molecule has 4 heteroatoms. The van der Waals surface area contributed by atoms with E-state index < -0.39 is 8.32 Å². The minimum absolute atomic E-state index is 0.169. The molecule has 0 heterocycles. The highest BCUT2D eigenvalue weighted by Crippen LogP contribution is 2.12. The van der Waals surface area contributed by atoms with E-state index in [1.807, 2.05) is 13.1 Å². The molecule has 1 N–H and O–H groups in total. The molecule has 0 rings (SSSR count). The van der Waals surface area contributed by atoms with Crippen LogP contribution in [0.3, 0.4) is 0 Å².